The summed E-state index contributed by atoms with van der Waals surface area (Å²) in [7, 11) is 6.32. The Labute approximate surface area is 97.7 Å². The van der Waals surface area contributed by atoms with Gasteiger partial charge >= 0.3 is 0 Å². The van der Waals surface area contributed by atoms with Crippen LogP contribution in [0.5, 0.6) is 0 Å². The van der Waals surface area contributed by atoms with E-state index in [4.69, 9.17) is 0 Å². The van der Waals surface area contributed by atoms with Crippen molar-refractivity contribution in [3.63, 3.8) is 0 Å². The Morgan fingerprint density at radius 1 is 1.56 bits per heavy atom. The van der Waals surface area contributed by atoms with Crippen LogP contribution in [-0.2, 0) is 13.6 Å². The van der Waals surface area contributed by atoms with E-state index in [1.54, 1.807) is 0 Å². The zero-order valence-electron chi connectivity index (χ0n) is 10.5. The number of rotatable bonds is 4. The summed E-state index contributed by atoms with van der Waals surface area (Å²) >= 11 is 0. The predicted molar refractivity (Wildman–Crippen MR) is 65.2 cm³/mol. The van der Waals surface area contributed by atoms with Crippen molar-refractivity contribution in [3.8, 4) is 0 Å². The molecule has 0 spiro atoms. The molecule has 2 rings (SSSR count). The van der Waals surface area contributed by atoms with Gasteiger partial charge in [0.05, 0.1) is 6.54 Å². The van der Waals surface area contributed by atoms with Gasteiger partial charge in [-0.05, 0) is 33.4 Å². The third-order valence-corrected chi connectivity index (χ3v) is 3.75. The minimum Gasteiger partial charge on any atom is -0.337 e. The summed E-state index contributed by atoms with van der Waals surface area (Å²) in [5, 5.41) is 3.37. The van der Waals surface area contributed by atoms with Gasteiger partial charge in [-0.1, -0.05) is 0 Å². The monoisotopic (exact) mass is 222 g/mol. The fraction of sp³-hybridized carbons (Fsp3) is 0.750. The summed E-state index contributed by atoms with van der Waals surface area (Å²) in [6.45, 7) is 0.949. The van der Waals surface area contributed by atoms with E-state index in [0.717, 1.165) is 12.4 Å². The lowest BCUT2D eigenvalue weighted by Gasteiger charge is -2.24. The van der Waals surface area contributed by atoms with Crippen LogP contribution in [0.3, 0.4) is 0 Å². The molecule has 1 aromatic heterocycles. The number of hydrogen-bond acceptors (Lipinski definition) is 3. The van der Waals surface area contributed by atoms with E-state index in [1.807, 2.05) is 12.4 Å². The van der Waals surface area contributed by atoms with Crippen LogP contribution >= 0.6 is 0 Å². The van der Waals surface area contributed by atoms with Gasteiger partial charge in [-0.15, -0.1) is 0 Å². The van der Waals surface area contributed by atoms with Crippen LogP contribution in [0.2, 0.25) is 0 Å². The Balaban J connectivity index is 1.89. The van der Waals surface area contributed by atoms with Crippen LogP contribution in [-0.4, -0.2) is 40.6 Å². The highest BCUT2D eigenvalue weighted by Crippen LogP contribution is 2.23. The highest BCUT2D eigenvalue weighted by Gasteiger charge is 2.26. The predicted octanol–water partition coefficient (Wildman–Crippen LogP) is 0.992. The average Bonchev–Trinajstić information content (AvgIpc) is 2.88. The molecule has 0 saturated heterocycles. The molecule has 2 atom stereocenters. The van der Waals surface area contributed by atoms with Crippen LogP contribution in [0.15, 0.2) is 12.4 Å². The molecule has 1 heterocycles. The van der Waals surface area contributed by atoms with Gasteiger partial charge in [-0.3, -0.25) is 4.90 Å². The molecule has 4 nitrogen and oxygen atoms in total. The van der Waals surface area contributed by atoms with E-state index >= 15 is 0 Å². The molecule has 0 bridgehead atoms. The first-order valence-electron chi connectivity index (χ1n) is 6.04. The number of hydrogen-bond donors (Lipinski definition) is 1. The molecule has 16 heavy (non-hydrogen) atoms. The van der Waals surface area contributed by atoms with Crippen molar-refractivity contribution in [2.75, 3.05) is 14.1 Å². The molecular formula is C12H22N4. The normalized spacial score (nSPS) is 25.5. The molecule has 1 aliphatic carbocycles. The minimum absolute atomic E-state index is 0.703. The number of aromatic nitrogens is 2. The first-order valence-corrected chi connectivity index (χ1v) is 6.04. The third-order valence-electron chi connectivity index (χ3n) is 3.75. The Hall–Kier alpha value is -0.870. The molecule has 0 aromatic carbocycles. The van der Waals surface area contributed by atoms with Gasteiger partial charge < -0.3 is 9.88 Å². The molecule has 0 amide bonds. The number of aryl methyl sites for hydroxylation is 1. The second kappa shape index (κ2) is 4.97. The van der Waals surface area contributed by atoms with Crippen LogP contribution in [0.1, 0.15) is 25.1 Å². The second-order valence-electron chi connectivity index (χ2n) is 4.82. The molecular weight excluding hydrogens is 200 g/mol. The van der Waals surface area contributed by atoms with Crippen molar-refractivity contribution >= 4 is 0 Å². The molecule has 0 radical (unpaired) electrons. The maximum Gasteiger partial charge on any atom is 0.122 e. The van der Waals surface area contributed by atoms with Crippen molar-refractivity contribution in [2.45, 2.75) is 37.9 Å². The largest absolute Gasteiger partial charge is 0.337 e. The van der Waals surface area contributed by atoms with Crippen molar-refractivity contribution in [2.24, 2.45) is 7.05 Å². The second-order valence-corrected chi connectivity index (χ2v) is 4.82. The summed E-state index contributed by atoms with van der Waals surface area (Å²) in [5.41, 5.74) is 0. The van der Waals surface area contributed by atoms with Crippen LogP contribution in [0.4, 0.5) is 0 Å². The Bertz CT molecular complexity index is 334. The number of imidazole rings is 1. The molecule has 1 aromatic rings. The van der Waals surface area contributed by atoms with Gasteiger partial charge in [-0.2, -0.15) is 0 Å². The smallest absolute Gasteiger partial charge is 0.122 e. The van der Waals surface area contributed by atoms with Gasteiger partial charge in [0.1, 0.15) is 5.82 Å². The van der Waals surface area contributed by atoms with Crippen molar-refractivity contribution in [3.05, 3.63) is 18.2 Å². The Kier molecular flexibility index (Phi) is 3.61. The molecule has 1 saturated carbocycles. The minimum atomic E-state index is 0.703. The first kappa shape index (κ1) is 11.6. The molecule has 1 fully saturated rings. The van der Waals surface area contributed by atoms with Crippen molar-refractivity contribution in [1.29, 1.82) is 0 Å². The van der Waals surface area contributed by atoms with Crippen molar-refractivity contribution in [1.82, 2.24) is 19.8 Å². The lowest BCUT2D eigenvalue weighted by molar-refractivity contribution is 0.227. The van der Waals surface area contributed by atoms with E-state index in [9.17, 15) is 0 Å². The molecule has 2 unspecified atom stereocenters. The zero-order chi connectivity index (χ0) is 11.5. The van der Waals surface area contributed by atoms with Crippen LogP contribution < -0.4 is 5.32 Å². The summed E-state index contributed by atoms with van der Waals surface area (Å²) in [6.07, 6.45) is 7.73. The Morgan fingerprint density at radius 2 is 2.38 bits per heavy atom. The lowest BCUT2D eigenvalue weighted by atomic mass is 10.2. The van der Waals surface area contributed by atoms with Crippen molar-refractivity contribution < 1.29 is 0 Å². The highest BCUT2D eigenvalue weighted by molar-refractivity contribution is 4.93. The summed E-state index contributed by atoms with van der Waals surface area (Å²) < 4.78 is 2.10. The molecule has 4 heteroatoms. The summed E-state index contributed by atoms with van der Waals surface area (Å²) in [4.78, 5) is 6.80. The van der Waals surface area contributed by atoms with E-state index in [0.29, 0.717) is 12.1 Å². The van der Waals surface area contributed by atoms with Gasteiger partial charge in [0.25, 0.3) is 0 Å². The standard InChI is InChI=1S/C12H22N4/c1-13-10-4-5-11(8-10)16(3)9-12-14-6-7-15(12)2/h6-7,10-11,13H,4-5,8-9H2,1-3H3. The average molecular weight is 222 g/mol. The van der Waals surface area contributed by atoms with Gasteiger partial charge in [0, 0.05) is 31.5 Å². The summed E-state index contributed by atoms with van der Waals surface area (Å²) in [6, 6.07) is 1.41. The van der Waals surface area contributed by atoms with E-state index in [-0.39, 0.29) is 0 Å². The fourth-order valence-electron chi connectivity index (χ4n) is 2.52. The van der Waals surface area contributed by atoms with Crippen LogP contribution in [0.25, 0.3) is 0 Å². The van der Waals surface area contributed by atoms with Crippen LogP contribution in [0, 0.1) is 0 Å². The quantitative estimate of drug-likeness (QED) is 0.825. The molecule has 1 aliphatic rings. The van der Waals surface area contributed by atoms with Gasteiger partial charge in [0.2, 0.25) is 0 Å². The highest BCUT2D eigenvalue weighted by atomic mass is 15.2. The zero-order valence-corrected chi connectivity index (χ0v) is 10.5. The SMILES string of the molecule is CNC1CCC(N(C)Cc2nccn2C)C1. The van der Waals surface area contributed by atoms with E-state index in [1.165, 1.54) is 19.3 Å². The van der Waals surface area contributed by atoms with E-state index in [2.05, 4.69) is 40.9 Å². The first-order chi connectivity index (χ1) is 7.70. The molecule has 0 aliphatic heterocycles. The molecule has 1 N–H and O–H groups in total. The lowest BCUT2D eigenvalue weighted by Crippen LogP contribution is -2.32. The maximum absolute atomic E-state index is 4.37. The number of nitrogens with zero attached hydrogens (tertiary/aromatic N) is 3. The Morgan fingerprint density at radius 3 is 2.94 bits per heavy atom. The van der Waals surface area contributed by atoms with Gasteiger partial charge in [-0.25, -0.2) is 4.98 Å². The molecule has 90 valence electrons. The fourth-order valence-corrected chi connectivity index (χ4v) is 2.52. The van der Waals surface area contributed by atoms with E-state index < -0.39 is 0 Å². The topological polar surface area (TPSA) is 33.1 Å². The number of nitrogens with one attached hydrogen (secondary N) is 1. The third kappa shape index (κ3) is 2.44. The summed E-state index contributed by atoms with van der Waals surface area (Å²) in [5.74, 6) is 1.15. The van der Waals surface area contributed by atoms with Gasteiger partial charge in [0.15, 0.2) is 0 Å². The maximum atomic E-state index is 4.37.